The summed E-state index contributed by atoms with van der Waals surface area (Å²) >= 11 is 5.37. The number of esters is 1. The molecule has 1 saturated heterocycles. The first kappa shape index (κ1) is 12.2. The molecule has 1 aromatic rings. The summed E-state index contributed by atoms with van der Waals surface area (Å²) in [7, 11) is 1.53. The molecule has 5 heteroatoms. The first-order valence-electron chi connectivity index (χ1n) is 5.28. The van der Waals surface area contributed by atoms with Gasteiger partial charge in [0.2, 0.25) is 0 Å². The van der Waals surface area contributed by atoms with Crippen LogP contribution in [0.2, 0.25) is 0 Å². The fourth-order valence-electron chi connectivity index (χ4n) is 1.52. The quantitative estimate of drug-likeness (QED) is 0.349. The van der Waals surface area contributed by atoms with Gasteiger partial charge in [0.1, 0.15) is 5.88 Å². The van der Waals surface area contributed by atoms with Crippen LogP contribution < -0.4 is 9.47 Å². The number of carbonyl (C=O) groups excluding carboxylic acids is 1. The lowest BCUT2D eigenvalue weighted by Gasteiger charge is -2.09. The van der Waals surface area contributed by atoms with Crippen LogP contribution in [-0.2, 0) is 16.0 Å². The molecule has 0 N–H and O–H groups in total. The van der Waals surface area contributed by atoms with E-state index in [1.807, 2.05) is 12.1 Å². The molecule has 0 aromatic heterocycles. The number of carbonyl (C=O) groups is 1. The Morgan fingerprint density at radius 3 is 2.88 bits per heavy atom. The van der Waals surface area contributed by atoms with E-state index in [4.69, 9.17) is 25.8 Å². The summed E-state index contributed by atoms with van der Waals surface area (Å²) in [5.41, 5.74) is 1.09. The number of hydrogen-bond donors (Lipinski definition) is 0. The third-order valence-electron chi connectivity index (χ3n) is 2.43. The van der Waals surface area contributed by atoms with Crippen molar-refractivity contribution in [2.45, 2.75) is 12.5 Å². The van der Waals surface area contributed by atoms with Crippen LogP contribution in [-0.4, -0.2) is 31.7 Å². The highest BCUT2D eigenvalue weighted by Gasteiger charge is 2.23. The minimum absolute atomic E-state index is 0.180. The van der Waals surface area contributed by atoms with Gasteiger partial charge in [-0.25, -0.2) is 0 Å². The van der Waals surface area contributed by atoms with Crippen molar-refractivity contribution in [1.29, 1.82) is 0 Å². The van der Waals surface area contributed by atoms with Gasteiger partial charge in [0.05, 0.1) is 19.8 Å². The predicted molar refractivity (Wildman–Crippen MR) is 62.8 cm³/mol. The van der Waals surface area contributed by atoms with Crippen LogP contribution >= 0.6 is 11.6 Å². The molecule has 0 amide bonds. The molecule has 1 aliphatic rings. The second-order valence-corrected chi connectivity index (χ2v) is 4.02. The predicted octanol–water partition coefficient (Wildman–Crippen LogP) is 1.78. The van der Waals surface area contributed by atoms with E-state index >= 15 is 0 Å². The molecule has 0 radical (unpaired) electrons. The molecule has 1 unspecified atom stereocenters. The van der Waals surface area contributed by atoms with Gasteiger partial charge in [0.15, 0.2) is 11.5 Å². The SMILES string of the molecule is COc1cc(CC2CO2)ccc1OC(=O)CCl. The van der Waals surface area contributed by atoms with E-state index in [1.54, 1.807) is 6.07 Å². The number of benzene rings is 1. The van der Waals surface area contributed by atoms with Gasteiger partial charge in [0, 0.05) is 6.42 Å². The Morgan fingerprint density at radius 2 is 2.29 bits per heavy atom. The Balaban J connectivity index is 2.12. The molecule has 2 rings (SSSR count). The highest BCUT2D eigenvalue weighted by molar-refractivity contribution is 6.26. The average molecular weight is 257 g/mol. The number of epoxide rings is 1. The molecule has 92 valence electrons. The first-order chi connectivity index (χ1) is 8.22. The fraction of sp³-hybridized carbons (Fsp3) is 0.417. The van der Waals surface area contributed by atoms with Crippen LogP contribution in [0.4, 0.5) is 0 Å². The monoisotopic (exact) mass is 256 g/mol. The van der Waals surface area contributed by atoms with E-state index in [0.717, 1.165) is 18.6 Å². The van der Waals surface area contributed by atoms with Crippen molar-refractivity contribution in [1.82, 2.24) is 0 Å². The third kappa shape index (κ3) is 3.35. The zero-order valence-corrected chi connectivity index (χ0v) is 10.2. The van der Waals surface area contributed by atoms with Crippen molar-refractivity contribution < 1.29 is 19.0 Å². The van der Waals surface area contributed by atoms with E-state index < -0.39 is 5.97 Å². The summed E-state index contributed by atoms with van der Waals surface area (Å²) in [6.45, 7) is 0.811. The lowest BCUT2D eigenvalue weighted by molar-refractivity contribution is -0.131. The second-order valence-electron chi connectivity index (χ2n) is 3.75. The summed E-state index contributed by atoms with van der Waals surface area (Å²) < 4.78 is 15.4. The van der Waals surface area contributed by atoms with Crippen LogP contribution in [0.5, 0.6) is 11.5 Å². The molecular weight excluding hydrogens is 244 g/mol. The van der Waals surface area contributed by atoms with Gasteiger partial charge < -0.3 is 14.2 Å². The normalized spacial score (nSPS) is 17.6. The van der Waals surface area contributed by atoms with Gasteiger partial charge in [-0.05, 0) is 17.7 Å². The number of ether oxygens (including phenoxy) is 3. The van der Waals surface area contributed by atoms with Crippen molar-refractivity contribution >= 4 is 17.6 Å². The van der Waals surface area contributed by atoms with Gasteiger partial charge in [-0.1, -0.05) is 6.07 Å². The van der Waals surface area contributed by atoms with Crippen LogP contribution in [0.25, 0.3) is 0 Å². The Morgan fingerprint density at radius 1 is 1.53 bits per heavy atom. The maximum Gasteiger partial charge on any atom is 0.326 e. The maximum absolute atomic E-state index is 11.1. The number of hydrogen-bond acceptors (Lipinski definition) is 4. The largest absolute Gasteiger partial charge is 0.493 e. The minimum atomic E-state index is -0.497. The smallest absolute Gasteiger partial charge is 0.326 e. The number of rotatable bonds is 5. The molecule has 1 aliphatic heterocycles. The molecule has 1 aromatic carbocycles. The molecule has 17 heavy (non-hydrogen) atoms. The van der Waals surface area contributed by atoms with E-state index in [1.165, 1.54) is 7.11 Å². The standard InChI is InChI=1S/C12H13ClO4/c1-15-11-5-8(4-9-7-16-9)2-3-10(11)17-12(14)6-13/h2-3,5,9H,4,6-7H2,1H3. The molecule has 4 nitrogen and oxygen atoms in total. The number of halogens is 1. The van der Waals surface area contributed by atoms with Gasteiger partial charge in [0.25, 0.3) is 0 Å². The number of methoxy groups -OCH3 is 1. The van der Waals surface area contributed by atoms with Gasteiger partial charge in [-0.15, -0.1) is 11.6 Å². The highest BCUT2D eigenvalue weighted by Crippen LogP contribution is 2.29. The van der Waals surface area contributed by atoms with Crippen molar-refractivity contribution in [2.24, 2.45) is 0 Å². The molecule has 0 spiro atoms. The minimum Gasteiger partial charge on any atom is -0.493 e. The van der Waals surface area contributed by atoms with E-state index in [-0.39, 0.29) is 5.88 Å². The highest BCUT2D eigenvalue weighted by atomic mass is 35.5. The Hall–Kier alpha value is -1.26. The molecular formula is C12H13ClO4. The van der Waals surface area contributed by atoms with Crippen LogP contribution in [0.15, 0.2) is 18.2 Å². The van der Waals surface area contributed by atoms with Crippen LogP contribution in [0.1, 0.15) is 5.56 Å². The topological polar surface area (TPSA) is 48.1 Å². The molecule has 0 saturated carbocycles. The molecule has 1 atom stereocenters. The second kappa shape index (κ2) is 5.38. The van der Waals surface area contributed by atoms with Crippen molar-refractivity contribution in [3.63, 3.8) is 0 Å². The van der Waals surface area contributed by atoms with Crippen LogP contribution in [0, 0.1) is 0 Å². The summed E-state index contributed by atoms with van der Waals surface area (Å²) in [5.74, 6) is 0.240. The van der Waals surface area contributed by atoms with Gasteiger partial charge in [-0.3, -0.25) is 4.79 Å². The van der Waals surface area contributed by atoms with Gasteiger partial charge >= 0.3 is 5.97 Å². The molecule has 1 heterocycles. The number of alkyl halides is 1. The summed E-state index contributed by atoms with van der Waals surface area (Å²) in [5, 5.41) is 0. The lowest BCUT2D eigenvalue weighted by Crippen LogP contribution is -2.10. The van der Waals surface area contributed by atoms with Gasteiger partial charge in [-0.2, -0.15) is 0 Å². The fourth-order valence-corrected chi connectivity index (χ4v) is 1.58. The first-order valence-corrected chi connectivity index (χ1v) is 5.81. The molecule has 0 aliphatic carbocycles. The molecule has 0 bridgehead atoms. The van der Waals surface area contributed by atoms with E-state index in [2.05, 4.69) is 0 Å². The molecule has 1 fully saturated rings. The lowest BCUT2D eigenvalue weighted by atomic mass is 10.1. The van der Waals surface area contributed by atoms with Crippen molar-refractivity contribution in [3.8, 4) is 11.5 Å². The Kier molecular flexibility index (Phi) is 3.86. The van der Waals surface area contributed by atoms with E-state index in [9.17, 15) is 4.79 Å². The van der Waals surface area contributed by atoms with E-state index in [0.29, 0.717) is 17.6 Å². The maximum atomic E-state index is 11.1. The zero-order chi connectivity index (χ0) is 12.3. The Labute approximate surface area is 104 Å². The summed E-state index contributed by atoms with van der Waals surface area (Å²) in [4.78, 5) is 11.1. The van der Waals surface area contributed by atoms with Crippen molar-refractivity contribution in [3.05, 3.63) is 23.8 Å². The van der Waals surface area contributed by atoms with Crippen molar-refractivity contribution in [2.75, 3.05) is 19.6 Å². The summed E-state index contributed by atoms with van der Waals surface area (Å²) in [6, 6.07) is 5.45. The Bertz CT molecular complexity index is 415. The van der Waals surface area contributed by atoms with Crippen LogP contribution in [0.3, 0.4) is 0 Å². The average Bonchev–Trinajstić information content (AvgIpc) is 3.14. The summed E-state index contributed by atoms with van der Waals surface area (Å²) in [6.07, 6.45) is 1.16. The third-order valence-corrected chi connectivity index (χ3v) is 2.64. The zero-order valence-electron chi connectivity index (χ0n) is 9.44.